The highest BCUT2D eigenvalue weighted by molar-refractivity contribution is 7.13. The van der Waals surface area contributed by atoms with Gasteiger partial charge in [-0.25, -0.2) is 4.98 Å². The maximum absolute atomic E-state index is 4.66. The normalized spacial score (nSPS) is 16.6. The summed E-state index contributed by atoms with van der Waals surface area (Å²) in [5.41, 5.74) is 2.64. The summed E-state index contributed by atoms with van der Waals surface area (Å²) >= 11 is 1.67. The van der Waals surface area contributed by atoms with Crippen LogP contribution in [0.3, 0.4) is 0 Å². The highest BCUT2D eigenvalue weighted by Crippen LogP contribution is 2.51. The van der Waals surface area contributed by atoms with Crippen molar-refractivity contribution >= 4 is 11.3 Å². The van der Waals surface area contributed by atoms with Crippen LogP contribution < -0.4 is 5.32 Å². The van der Waals surface area contributed by atoms with Crippen molar-refractivity contribution in [2.45, 2.75) is 33.2 Å². The van der Waals surface area contributed by atoms with E-state index < -0.39 is 0 Å². The summed E-state index contributed by atoms with van der Waals surface area (Å²) < 4.78 is 0. The van der Waals surface area contributed by atoms with Gasteiger partial charge in [0, 0.05) is 24.7 Å². The van der Waals surface area contributed by atoms with Crippen molar-refractivity contribution in [1.82, 2.24) is 15.3 Å². The Kier molecular flexibility index (Phi) is 3.85. The summed E-state index contributed by atoms with van der Waals surface area (Å²) in [6.45, 7) is 6.63. The highest BCUT2D eigenvalue weighted by Gasteiger charge is 2.44. The lowest BCUT2D eigenvalue weighted by molar-refractivity contribution is 0.337. The standard InChI is InChI=1S/C16H21N3S/c1-12(2)16(6-7-16)11-17-9-13-10-20-15(19-13)14-5-3-4-8-18-14/h3-5,8,10,12,17H,6-7,9,11H2,1-2H3. The van der Waals surface area contributed by atoms with Crippen LogP contribution in [0.15, 0.2) is 29.8 Å². The van der Waals surface area contributed by atoms with Crippen LogP contribution in [0, 0.1) is 11.3 Å². The Morgan fingerprint density at radius 1 is 1.35 bits per heavy atom. The Hall–Kier alpha value is -1.26. The molecule has 0 atom stereocenters. The number of rotatable bonds is 6. The van der Waals surface area contributed by atoms with E-state index in [2.05, 4.69) is 34.5 Å². The van der Waals surface area contributed by atoms with Crippen LogP contribution in [0.2, 0.25) is 0 Å². The summed E-state index contributed by atoms with van der Waals surface area (Å²) in [4.78, 5) is 9.00. The van der Waals surface area contributed by atoms with Gasteiger partial charge in [-0.1, -0.05) is 19.9 Å². The molecule has 3 nitrogen and oxygen atoms in total. The number of nitrogens with zero attached hydrogens (tertiary/aromatic N) is 2. The largest absolute Gasteiger partial charge is 0.311 e. The third-order valence-corrected chi connectivity index (χ3v) is 5.25. The Balaban J connectivity index is 1.56. The number of thiazole rings is 1. The molecule has 0 aliphatic heterocycles. The summed E-state index contributed by atoms with van der Waals surface area (Å²) in [7, 11) is 0. The van der Waals surface area contributed by atoms with Crippen LogP contribution in [0.4, 0.5) is 0 Å². The molecule has 4 heteroatoms. The van der Waals surface area contributed by atoms with Crippen molar-refractivity contribution in [3.05, 3.63) is 35.5 Å². The molecule has 0 saturated heterocycles. The number of hydrogen-bond donors (Lipinski definition) is 1. The van der Waals surface area contributed by atoms with Crippen LogP contribution in [0.5, 0.6) is 0 Å². The molecule has 2 heterocycles. The van der Waals surface area contributed by atoms with Gasteiger partial charge in [0.1, 0.15) is 5.01 Å². The molecule has 106 valence electrons. The second-order valence-electron chi connectivity index (χ2n) is 5.98. The second kappa shape index (κ2) is 5.62. The van der Waals surface area contributed by atoms with Gasteiger partial charge in [-0.15, -0.1) is 11.3 Å². The van der Waals surface area contributed by atoms with Crippen molar-refractivity contribution in [2.24, 2.45) is 11.3 Å². The molecule has 1 saturated carbocycles. The smallest absolute Gasteiger partial charge is 0.142 e. The molecule has 0 amide bonds. The predicted octanol–water partition coefficient (Wildman–Crippen LogP) is 3.73. The molecular formula is C16H21N3S. The van der Waals surface area contributed by atoms with Crippen molar-refractivity contribution in [3.63, 3.8) is 0 Å². The van der Waals surface area contributed by atoms with Gasteiger partial charge in [-0.3, -0.25) is 4.98 Å². The van der Waals surface area contributed by atoms with Crippen molar-refractivity contribution in [1.29, 1.82) is 0 Å². The van der Waals surface area contributed by atoms with Crippen molar-refractivity contribution in [2.75, 3.05) is 6.54 Å². The van der Waals surface area contributed by atoms with E-state index in [1.54, 1.807) is 11.3 Å². The maximum Gasteiger partial charge on any atom is 0.142 e. The fraction of sp³-hybridized carbons (Fsp3) is 0.500. The fourth-order valence-corrected chi connectivity index (χ4v) is 3.35. The van der Waals surface area contributed by atoms with Crippen LogP contribution >= 0.6 is 11.3 Å². The molecule has 0 radical (unpaired) electrons. The molecule has 3 rings (SSSR count). The molecular weight excluding hydrogens is 266 g/mol. The van der Waals surface area contributed by atoms with Crippen LogP contribution in [0.1, 0.15) is 32.4 Å². The lowest BCUT2D eigenvalue weighted by atomic mass is 9.92. The molecule has 0 unspecified atom stereocenters. The molecule has 1 aliphatic rings. The molecule has 2 aromatic rings. The lowest BCUT2D eigenvalue weighted by Crippen LogP contribution is -2.27. The van der Waals surface area contributed by atoms with Crippen LogP contribution in [-0.2, 0) is 6.54 Å². The number of pyridine rings is 1. The lowest BCUT2D eigenvalue weighted by Gasteiger charge is -2.19. The van der Waals surface area contributed by atoms with Gasteiger partial charge >= 0.3 is 0 Å². The minimum absolute atomic E-state index is 0.555. The summed E-state index contributed by atoms with van der Waals surface area (Å²) in [5, 5.41) is 6.71. The Morgan fingerprint density at radius 2 is 2.20 bits per heavy atom. The van der Waals surface area contributed by atoms with E-state index in [0.29, 0.717) is 5.41 Å². The van der Waals surface area contributed by atoms with Crippen LogP contribution in [-0.4, -0.2) is 16.5 Å². The minimum Gasteiger partial charge on any atom is -0.311 e. The van der Waals surface area contributed by atoms with E-state index in [9.17, 15) is 0 Å². The zero-order chi connectivity index (χ0) is 14.0. The predicted molar refractivity (Wildman–Crippen MR) is 83.6 cm³/mol. The van der Waals surface area contributed by atoms with Gasteiger partial charge in [0.15, 0.2) is 0 Å². The Labute approximate surface area is 124 Å². The van der Waals surface area contributed by atoms with Crippen molar-refractivity contribution < 1.29 is 0 Å². The Bertz CT molecular complexity index is 558. The third kappa shape index (κ3) is 2.91. The third-order valence-electron chi connectivity index (χ3n) is 4.34. The van der Waals surface area contributed by atoms with E-state index >= 15 is 0 Å². The number of hydrogen-bond acceptors (Lipinski definition) is 4. The SMILES string of the molecule is CC(C)C1(CNCc2csc(-c3ccccn3)n2)CC1. The van der Waals surface area contributed by atoms with E-state index in [1.165, 1.54) is 12.8 Å². The van der Waals surface area contributed by atoms with E-state index in [1.807, 2.05) is 24.4 Å². The van der Waals surface area contributed by atoms with E-state index in [4.69, 9.17) is 0 Å². The van der Waals surface area contributed by atoms with E-state index in [0.717, 1.165) is 35.4 Å². The first-order valence-electron chi connectivity index (χ1n) is 7.26. The molecule has 20 heavy (non-hydrogen) atoms. The van der Waals surface area contributed by atoms with E-state index in [-0.39, 0.29) is 0 Å². The minimum atomic E-state index is 0.555. The number of aromatic nitrogens is 2. The number of nitrogens with one attached hydrogen (secondary N) is 1. The van der Waals surface area contributed by atoms with Crippen LogP contribution in [0.25, 0.3) is 10.7 Å². The second-order valence-corrected chi connectivity index (χ2v) is 6.84. The van der Waals surface area contributed by atoms with Gasteiger partial charge in [-0.2, -0.15) is 0 Å². The molecule has 1 N–H and O–H groups in total. The van der Waals surface area contributed by atoms with Gasteiger partial charge in [0.05, 0.1) is 11.4 Å². The molecule has 1 fully saturated rings. The molecule has 1 aliphatic carbocycles. The molecule has 2 aromatic heterocycles. The highest BCUT2D eigenvalue weighted by atomic mass is 32.1. The zero-order valence-electron chi connectivity index (χ0n) is 12.1. The molecule has 0 bridgehead atoms. The molecule has 0 aromatic carbocycles. The summed E-state index contributed by atoms with van der Waals surface area (Å²) in [6.07, 6.45) is 4.55. The summed E-state index contributed by atoms with van der Waals surface area (Å²) in [6, 6.07) is 5.94. The quantitative estimate of drug-likeness (QED) is 0.879. The average Bonchev–Trinajstić information content (AvgIpc) is 3.11. The maximum atomic E-state index is 4.66. The first-order valence-corrected chi connectivity index (χ1v) is 8.14. The first kappa shape index (κ1) is 13.7. The van der Waals surface area contributed by atoms with Crippen molar-refractivity contribution in [3.8, 4) is 10.7 Å². The van der Waals surface area contributed by atoms with Gasteiger partial charge in [0.2, 0.25) is 0 Å². The summed E-state index contributed by atoms with van der Waals surface area (Å²) in [5.74, 6) is 0.773. The fourth-order valence-electron chi connectivity index (χ4n) is 2.55. The average molecular weight is 287 g/mol. The topological polar surface area (TPSA) is 37.8 Å². The van der Waals surface area contributed by atoms with Gasteiger partial charge < -0.3 is 5.32 Å². The zero-order valence-corrected chi connectivity index (χ0v) is 12.9. The monoisotopic (exact) mass is 287 g/mol. The molecule has 0 spiro atoms. The van der Waals surface area contributed by atoms with Gasteiger partial charge in [0.25, 0.3) is 0 Å². The Morgan fingerprint density at radius 3 is 2.85 bits per heavy atom. The van der Waals surface area contributed by atoms with Gasteiger partial charge in [-0.05, 0) is 36.3 Å². The first-order chi connectivity index (χ1) is 9.70.